The van der Waals surface area contributed by atoms with Gasteiger partial charge in [0.05, 0.1) is 12.2 Å². The summed E-state index contributed by atoms with van der Waals surface area (Å²) in [5.41, 5.74) is 1.11. The monoisotopic (exact) mass is 373 g/mol. The number of carbonyl (C=O) groups is 3. The molecule has 0 radical (unpaired) electrons. The number of hydrogen-bond donors (Lipinski definition) is 2. The first kappa shape index (κ1) is 19.2. The van der Waals surface area contributed by atoms with Crippen molar-refractivity contribution in [2.24, 2.45) is 0 Å². The van der Waals surface area contributed by atoms with Crippen LogP contribution in [-0.2, 0) is 9.53 Å². The number of rotatable bonds is 4. The largest absolute Gasteiger partial charge is 0.462 e. The number of urea groups is 1. The molecule has 3 atom stereocenters. The lowest BCUT2D eigenvalue weighted by molar-refractivity contribution is -0.120. The van der Waals surface area contributed by atoms with Crippen molar-refractivity contribution in [1.29, 1.82) is 0 Å². The molecule has 3 rings (SSSR count). The van der Waals surface area contributed by atoms with Crippen LogP contribution in [-0.4, -0.2) is 47.5 Å². The van der Waals surface area contributed by atoms with E-state index in [9.17, 15) is 14.4 Å². The summed E-state index contributed by atoms with van der Waals surface area (Å²) in [7, 11) is 0. The molecule has 27 heavy (non-hydrogen) atoms. The molecule has 2 bridgehead atoms. The Morgan fingerprint density at radius 1 is 1.11 bits per heavy atom. The maximum absolute atomic E-state index is 12.9. The highest BCUT2D eigenvalue weighted by atomic mass is 16.5. The van der Waals surface area contributed by atoms with E-state index in [1.54, 1.807) is 31.2 Å². The van der Waals surface area contributed by atoms with Gasteiger partial charge in [-0.25, -0.2) is 9.59 Å². The molecule has 2 N–H and O–H groups in total. The predicted molar refractivity (Wildman–Crippen MR) is 102 cm³/mol. The van der Waals surface area contributed by atoms with Crippen molar-refractivity contribution in [2.75, 3.05) is 11.9 Å². The Balaban J connectivity index is 1.64. The van der Waals surface area contributed by atoms with Gasteiger partial charge in [-0.05, 0) is 63.3 Å². The van der Waals surface area contributed by atoms with Crippen LogP contribution in [0, 0.1) is 0 Å². The van der Waals surface area contributed by atoms with Gasteiger partial charge >= 0.3 is 12.0 Å². The summed E-state index contributed by atoms with van der Waals surface area (Å²) < 4.78 is 4.97. The van der Waals surface area contributed by atoms with Crippen molar-refractivity contribution >= 4 is 23.6 Å². The van der Waals surface area contributed by atoms with Gasteiger partial charge in [0.1, 0.15) is 0 Å². The van der Waals surface area contributed by atoms with E-state index in [1.807, 2.05) is 4.90 Å². The number of carbonyl (C=O) groups excluding carboxylic acids is 3. The van der Waals surface area contributed by atoms with Gasteiger partial charge in [0, 0.05) is 30.7 Å². The number of piperidine rings is 2. The number of fused-ring (bicyclic) bond motifs is 2. The number of anilines is 1. The van der Waals surface area contributed by atoms with E-state index in [0.717, 1.165) is 32.1 Å². The molecule has 7 heteroatoms. The highest BCUT2D eigenvalue weighted by molar-refractivity contribution is 5.92. The number of ether oxygens (including phenoxy) is 1. The van der Waals surface area contributed by atoms with Crippen LogP contribution >= 0.6 is 0 Å². The number of benzene rings is 1. The Labute approximate surface area is 159 Å². The van der Waals surface area contributed by atoms with Crippen LogP contribution in [0.3, 0.4) is 0 Å². The fourth-order valence-electron chi connectivity index (χ4n) is 4.21. The summed E-state index contributed by atoms with van der Waals surface area (Å²) in [5.74, 6) is -0.386. The van der Waals surface area contributed by atoms with E-state index in [2.05, 4.69) is 10.6 Å². The molecule has 2 aliphatic heterocycles. The molecule has 0 spiro atoms. The van der Waals surface area contributed by atoms with Crippen LogP contribution in [0.25, 0.3) is 0 Å². The van der Waals surface area contributed by atoms with Gasteiger partial charge in [-0.1, -0.05) is 0 Å². The van der Waals surface area contributed by atoms with E-state index in [4.69, 9.17) is 4.74 Å². The SMILES string of the molecule is CCOC(=O)c1ccc(NC(=O)N2[C@@H]3CCC[C@H]2CC(NC(C)=O)C3)cc1. The zero-order chi connectivity index (χ0) is 19.4. The summed E-state index contributed by atoms with van der Waals surface area (Å²) >= 11 is 0. The van der Waals surface area contributed by atoms with Gasteiger partial charge in [0.15, 0.2) is 0 Å². The third kappa shape index (κ3) is 4.59. The second-order valence-electron chi connectivity index (χ2n) is 7.24. The quantitative estimate of drug-likeness (QED) is 0.795. The van der Waals surface area contributed by atoms with Crippen molar-refractivity contribution < 1.29 is 19.1 Å². The molecule has 7 nitrogen and oxygen atoms in total. The number of esters is 1. The van der Waals surface area contributed by atoms with Crippen molar-refractivity contribution in [3.8, 4) is 0 Å². The molecule has 1 aromatic rings. The second-order valence-corrected chi connectivity index (χ2v) is 7.24. The lowest BCUT2D eigenvalue weighted by atomic mass is 9.82. The second kappa shape index (κ2) is 8.41. The first-order valence-corrected chi connectivity index (χ1v) is 9.61. The number of amides is 3. The van der Waals surface area contributed by atoms with Gasteiger partial charge < -0.3 is 20.3 Å². The van der Waals surface area contributed by atoms with Crippen LogP contribution in [0.15, 0.2) is 24.3 Å². The average molecular weight is 373 g/mol. The minimum Gasteiger partial charge on any atom is -0.462 e. The Morgan fingerprint density at radius 3 is 2.30 bits per heavy atom. The molecular formula is C20H27N3O4. The van der Waals surface area contributed by atoms with Crippen LogP contribution < -0.4 is 10.6 Å². The lowest BCUT2D eigenvalue weighted by Gasteiger charge is -2.48. The maximum atomic E-state index is 12.9. The molecule has 0 saturated carbocycles. The van der Waals surface area contributed by atoms with E-state index in [0.29, 0.717) is 17.9 Å². The Morgan fingerprint density at radius 2 is 1.74 bits per heavy atom. The van der Waals surface area contributed by atoms with Crippen molar-refractivity contribution in [3.05, 3.63) is 29.8 Å². The molecular weight excluding hydrogens is 346 g/mol. The van der Waals surface area contributed by atoms with Crippen LogP contribution in [0.5, 0.6) is 0 Å². The number of nitrogens with zero attached hydrogens (tertiary/aromatic N) is 1. The van der Waals surface area contributed by atoms with Gasteiger partial charge in [-0.3, -0.25) is 4.79 Å². The molecule has 2 saturated heterocycles. The molecule has 3 amide bonds. The van der Waals surface area contributed by atoms with E-state index >= 15 is 0 Å². The van der Waals surface area contributed by atoms with Crippen LogP contribution in [0.1, 0.15) is 56.3 Å². The van der Waals surface area contributed by atoms with Crippen LogP contribution in [0.2, 0.25) is 0 Å². The minimum atomic E-state index is -0.370. The summed E-state index contributed by atoms with van der Waals surface area (Å²) in [5, 5.41) is 5.95. The van der Waals surface area contributed by atoms with Gasteiger partial charge in [-0.15, -0.1) is 0 Å². The zero-order valence-corrected chi connectivity index (χ0v) is 15.9. The highest BCUT2D eigenvalue weighted by Crippen LogP contribution is 2.34. The van der Waals surface area contributed by atoms with Crippen LogP contribution in [0.4, 0.5) is 10.5 Å². The molecule has 2 heterocycles. The summed E-state index contributed by atoms with van der Waals surface area (Å²) in [6.45, 7) is 3.63. The van der Waals surface area contributed by atoms with Crippen molar-refractivity contribution in [1.82, 2.24) is 10.2 Å². The third-order valence-corrected chi connectivity index (χ3v) is 5.26. The van der Waals surface area contributed by atoms with Gasteiger partial charge in [-0.2, -0.15) is 0 Å². The van der Waals surface area contributed by atoms with E-state index < -0.39 is 0 Å². The lowest BCUT2D eigenvalue weighted by Crippen LogP contribution is -2.59. The normalized spacial score (nSPS) is 24.1. The summed E-state index contributed by atoms with van der Waals surface area (Å²) in [6.07, 6.45) is 4.63. The van der Waals surface area contributed by atoms with Crippen molar-refractivity contribution in [2.45, 2.75) is 64.1 Å². The summed E-state index contributed by atoms with van der Waals surface area (Å²) in [6, 6.07) is 7.05. The number of nitrogens with one attached hydrogen (secondary N) is 2. The Hall–Kier alpha value is -2.57. The molecule has 1 aromatic carbocycles. The fourth-order valence-corrected chi connectivity index (χ4v) is 4.21. The number of hydrogen-bond acceptors (Lipinski definition) is 4. The van der Waals surface area contributed by atoms with E-state index in [1.165, 1.54) is 6.92 Å². The smallest absolute Gasteiger partial charge is 0.338 e. The standard InChI is InChI=1S/C20H27N3O4/c1-3-27-19(25)14-7-9-15(10-8-14)22-20(26)23-17-5-4-6-18(23)12-16(11-17)21-13(2)24/h7-10,16-18H,3-6,11-12H2,1-2H3,(H,21,24)(H,22,26)/t16?,17-,18+. The van der Waals surface area contributed by atoms with Gasteiger partial charge in [0.2, 0.25) is 5.91 Å². The minimum absolute atomic E-state index is 0.0161. The molecule has 2 aliphatic rings. The molecule has 0 aromatic heterocycles. The molecule has 0 aliphatic carbocycles. The third-order valence-electron chi connectivity index (χ3n) is 5.26. The predicted octanol–water partition coefficient (Wildman–Crippen LogP) is 2.92. The molecule has 2 fully saturated rings. The summed E-state index contributed by atoms with van der Waals surface area (Å²) in [4.78, 5) is 37.9. The maximum Gasteiger partial charge on any atom is 0.338 e. The first-order chi connectivity index (χ1) is 13.0. The topological polar surface area (TPSA) is 87.7 Å². The zero-order valence-electron chi connectivity index (χ0n) is 15.9. The fraction of sp³-hybridized carbons (Fsp3) is 0.550. The van der Waals surface area contributed by atoms with E-state index in [-0.39, 0.29) is 36.0 Å². The Bertz CT molecular complexity index is 690. The van der Waals surface area contributed by atoms with Crippen molar-refractivity contribution in [3.63, 3.8) is 0 Å². The average Bonchev–Trinajstić information content (AvgIpc) is 2.61. The Kier molecular flexibility index (Phi) is 5.98. The molecule has 146 valence electrons. The van der Waals surface area contributed by atoms with Gasteiger partial charge in [0.25, 0.3) is 0 Å². The molecule has 1 unspecified atom stereocenters. The highest BCUT2D eigenvalue weighted by Gasteiger charge is 2.41. The first-order valence-electron chi connectivity index (χ1n) is 9.61.